The predicted molar refractivity (Wildman–Crippen MR) is 62.4 cm³/mol. The summed E-state index contributed by atoms with van der Waals surface area (Å²) in [5.41, 5.74) is 5.37. The Kier molecular flexibility index (Phi) is 4.44. The van der Waals surface area contributed by atoms with Crippen molar-refractivity contribution in [2.45, 2.75) is 6.42 Å². The Morgan fingerprint density at radius 1 is 1.31 bits per heavy atom. The summed E-state index contributed by atoms with van der Waals surface area (Å²) < 4.78 is 23.9. The van der Waals surface area contributed by atoms with Gasteiger partial charge >= 0.3 is 0 Å². The number of nitrogens with zero attached hydrogens (tertiary/aromatic N) is 2. The molecule has 0 unspecified atom stereocenters. The largest absolute Gasteiger partial charge is 0.382 e. The van der Waals surface area contributed by atoms with Gasteiger partial charge in [-0.05, 0) is 6.42 Å². The molecular formula is C8H15N5O2S. The van der Waals surface area contributed by atoms with Gasteiger partial charge in [-0.3, -0.25) is 0 Å². The molecule has 0 saturated carbocycles. The highest BCUT2D eigenvalue weighted by Crippen LogP contribution is 2.00. The van der Waals surface area contributed by atoms with Crippen molar-refractivity contribution in [3.8, 4) is 0 Å². The predicted octanol–water partition coefficient (Wildman–Crippen LogP) is -0.590. The monoisotopic (exact) mass is 245 g/mol. The smallest absolute Gasteiger partial charge is 0.208 e. The summed E-state index contributed by atoms with van der Waals surface area (Å²) in [6, 6.07) is 0. The second kappa shape index (κ2) is 5.61. The average molecular weight is 245 g/mol. The molecule has 0 aromatic carbocycles. The van der Waals surface area contributed by atoms with Crippen molar-refractivity contribution in [1.82, 2.24) is 14.7 Å². The van der Waals surface area contributed by atoms with Gasteiger partial charge in [-0.15, -0.1) is 0 Å². The van der Waals surface area contributed by atoms with Gasteiger partial charge in [-0.1, -0.05) is 0 Å². The maximum atomic E-state index is 10.7. The molecule has 8 heteroatoms. The van der Waals surface area contributed by atoms with Crippen molar-refractivity contribution in [2.75, 3.05) is 30.4 Å². The third kappa shape index (κ3) is 5.47. The number of anilines is 2. The van der Waals surface area contributed by atoms with Crippen LogP contribution in [-0.4, -0.2) is 37.7 Å². The lowest BCUT2D eigenvalue weighted by atomic mass is 10.4. The van der Waals surface area contributed by atoms with Crippen molar-refractivity contribution in [3.63, 3.8) is 0 Å². The normalized spacial score (nSPS) is 11.3. The van der Waals surface area contributed by atoms with E-state index in [1.807, 2.05) is 0 Å². The van der Waals surface area contributed by atoms with Crippen molar-refractivity contribution in [3.05, 3.63) is 12.4 Å². The molecule has 0 spiro atoms. The maximum absolute atomic E-state index is 10.7. The van der Waals surface area contributed by atoms with Crippen molar-refractivity contribution in [1.29, 1.82) is 0 Å². The fraction of sp³-hybridized carbons (Fsp3) is 0.500. The van der Waals surface area contributed by atoms with Crippen molar-refractivity contribution < 1.29 is 8.42 Å². The SMILES string of the molecule is CS(=O)(=O)NCCCNc1cnc(N)cn1. The van der Waals surface area contributed by atoms with Crippen molar-refractivity contribution >= 4 is 21.7 Å². The number of nitrogen functional groups attached to an aromatic ring is 1. The Bertz CT molecular complexity index is 417. The molecule has 7 nitrogen and oxygen atoms in total. The molecule has 1 aromatic heterocycles. The molecule has 1 heterocycles. The number of rotatable bonds is 6. The molecule has 0 aliphatic rings. The van der Waals surface area contributed by atoms with Crippen LogP contribution < -0.4 is 15.8 Å². The molecule has 0 saturated heterocycles. The van der Waals surface area contributed by atoms with E-state index in [1.54, 1.807) is 0 Å². The van der Waals surface area contributed by atoms with E-state index >= 15 is 0 Å². The minimum atomic E-state index is -3.10. The standard InChI is InChI=1S/C8H15N5O2S/c1-16(14,15)13-4-2-3-10-8-6-11-7(9)5-12-8/h5-6,13H,2-4H2,1H3,(H2,9,11)(H,10,12). The highest BCUT2D eigenvalue weighted by Gasteiger charge is 1.99. The summed E-state index contributed by atoms with van der Waals surface area (Å²) >= 11 is 0. The first-order valence-corrected chi connectivity index (χ1v) is 6.62. The van der Waals surface area contributed by atoms with Crippen LogP contribution in [0.4, 0.5) is 11.6 Å². The zero-order valence-electron chi connectivity index (χ0n) is 8.97. The van der Waals surface area contributed by atoms with Gasteiger partial charge in [-0.2, -0.15) is 0 Å². The first-order chi connectivity index (χ1) is 7.47. The lowest BCUT2D eigenvalue weighted by Gasteiger charge is -2.05. The lowest BCUT2D eigenvalue weighted by molar-refractivity contribution is 0.586. The highest BCUT2D eigenvalue weighted by molar-refractivity contribution is 7.88. The van der Waals surface area contributed by atoms with E-state index in [4.69, 9.17) is 5.73 Å². The van der Waals surface area contributed by atoms with E-state index in [2.05, 4.69) is 20.0 Å². The summed E-state index contributed by atoms with van der Waals surface area (Å²) in [6.07, 6.45) is 4.78. The fourth-order valence-corrected chi connectivity index (χ4v) is 1.51. The lowest BCUT2D eigenvalue weighted by Crippen LogP contribution is -2.24. The van der Waals surface area contributed by atoms with Gasteiger partial charge in [0.25, 0.3) is 0 Å². The molecular weight excluding hydrogens is 230 g/mol. The summed E-state index contributed by atoms with van der Waals surface area (Å²) in [4.78, 5) is 7.85. The van der Waals surface area contributed by atoms with Crippen LogP contribution in [0.1, 0.15) is 6.42 Å². The van der Waals surface area contributed by atoms with Crippen LogP contribution in [0.25, 0.3) is 0 Å². The van der Waals surface area contributed by atoms with Crippen LogP contribution in [0.3, 0.4) is 0 Å². The third-order valence-electron chi connectivity index (χ3n) is 1.70. The summed E-state index contributed by atoms with van der Waals surface area (Å²) in [6.45, 7) is 1.01. The van der Waals surface area contributed by atoms with E-state index in [9.17, 15) is 8.42 Å². The summed E-state index contributed by atoms with van der Waals surface area (Å²) in [7, 11) is -3.10. The minimum absolute atomic E-state index is 0.365. The fourth-order valence-electron chi connectivity index (χ4n) is 0.992. The van der Waals surface area contributed by atoms with Gasteiger partial charge in [0.15, 0.2) is 0 Å². The first-order valence-electron chi connectivity index (χ1n) is 4.73. The van der Waals surface area contributed by atoms with Crippen LogP contribution in [0.5, 0.6) is 0 Å². The second-order valence-corrected chi connectivity index (χ2v) is 5.11. The molecule has 0 aliphatic heterocycles. The minimum Gasteiger partial charge on any atom is -0.382 e. The van der Waals surface area contributed by atoms with Gasteiger partial charge < -0.3 is 11.1 Å². The van der Waals surface area contributed by atoms with E-state index in [0.29, 0.717) is 31.1 Å². The van der Waals surface area contributed by atoms with Crippen LogP contribution in [0.2, 0.25) is 0 Å². The zero-order chi connectivity index (χ0) is 12.0. The average Bonchev–Trinajstić information content (AvgIpc) is 2.19. The molecule has 1 aromatic rings. The van der Waals surface area contributed by atoms with E-state index in [-0.39, 0.29) is 0 Å². The molecule has 0 aliphatic carbocycles. The Labute approximate surface area is 94.5 Å². The Balaban J connectivity index is 2.19. The quantitative estimate of drug-likeness (QED) is 0.578. The van der Waals surface area contributed by atoms with Gasteiger partial charge in [0.2, 0.25) is 10.0 Å². The van der Waals surface area contributed by atoms with Crippen LogP contribution >= 0.6 is 0 Å². The first kappa shape index (κ1) is 12.7. The molecule has 0 atom stereocenters. The number of aromatic nitrogens is 2. The number of nitrogens with two attached hydrogens (primary N) is 1. The topological polar surface area (TPSA) is 110 Å². The molecule has 90 valence electrons. The van der Waals surface area contributed by atoms with E-state index in [0.717, 1.165) is 6.26 Å². The number of sulfonamides is 1. The Morgan fingerprint density at radius 2 is 2.06 bits per heavy atom. The van der Waals surface area contributed by atoms with Crippen molar-refractivity contribution in [2.24, 2.45) is 0 Å². The number of hydrogen-bond acceptors (Lipinski definition) is 6. The van der Waals surface area contributed by atoms with Crippen LogP contribution in [0, 0.1) is 0 Å². The zero-order valence-corrected chi connectivity index (χ0v) is 9.79. The van der Waals surface area contributed by atoms with E-state index in [1.165, 1.54) is 12.4 Å². The summed E-state index contributed by atoms with van der Waals surface area (Å²) in [5.74, 6) is 0.984. The van der Waals surface area contributed by atoms with Gasteiger partial charge in [0, 0.05) is 13.1 Å². The molecule has 0 amide bonds. The Morgan fingerprint density at radius 3 is 2.62 bits per heavy atom. The maximum Gasteiger partial charge on any atom is 0.208 e. The van der Waals surface area contributed by atoms with Gasteiger partial charge in [0.1, 0.15) is 11.6 Å². The van der Waals surface area contributed by atoms with E-state index < -0.39 is 10.0 Å². The van der Waals surface area contributed by atoms with Crippen LogP contribution in [0.15, 0.2) is 12.4 Å². The van der Waals surface area contributed by atoms with Gasteiger partial charge in [-0.25, -0.2) is 23.1 Å². The van der Waals surface area contributed by atoms with Crippen LogP contribution in [-0.2, 0) is 10.0 Å². The molecule has 0 fully saturated rings. The molecule has 0 radical (unpaired) electrons. The number of hydrogen-bond donors (Lipinski definition) is 3. The molecule has 1 rings (SSSR count). The molecule has 4 N–H and O–H groups in total. The third-order valence-corrected chi connectivity index (χ3v) is 2.42. The van der Waals surface area contributed by atoms with Gasteiger partial charge in [0.05, 0.1) is 18.6 Å². The number of nitrogens with one attached hydrogen (secondary N) is 2. The molecule has 0 bridgehead atoms. The Hall–Kier alpha value is -1.41. The molecule has 16 heavy (non-hydrogen) atoms. The highest BCUT2D eigenvalue weighted by atomic mass is 32.2. The second-order valence-electron chi connectivity index (χ2n) is 3.27. The summed E-state index contributed by atoms with van der Waals surface area (Å²) in [5, 5.41) is 2.99.